The summed E-state index contributed by atoms with van der Waals surface area (Å²) in [6.45, 7) is 5.67. The lowest BCUT2D eigenvalue weighted by molar-refractivity contribution is 0.254. The van der Waals surface area contributed by atoms with Crippen LogP contribution >= 0.6 is 23.2 Å². The highest BCUT2D eigenvalue weighted by atomic mass is 35.5. The van der Waals surface area contributed by atoms with Crippen LogP contribution in [0.5, 0.6) is 0 Å². The van der Waals surface area contributed by atoms with E-state index < -0.39 is 0 Å². The molecule has 0 spiro atoms. The summed E-state index contributed by atoms with van der Waals surface area (Å²) in [7, 11) is 0. The molecule has 110 valence electrons. The van der Waals surface area contributed by atoms with E-state index in [1.807, 2.05) is 12.1 Å². The van der Waals surface area contributed by atoms with Crippen molar-refractivity contribution in [2.24, 2.45) is 0 Å². The minimum absolute atomic E-state index is 0.234. The zero-order valence-corrected chi connectivity index (χ0v) is 13.6. The number of nitrogens with zero attached hydrogens (tertiary/aromatic N) is 1. The van der Waals surface area contributed by atoms with Crippen LogP contribution in [0.3, 0.4) is 0 Å². The van der Waals surface area contributed by atoms with E-state index in [0.29, 0.717) is 22.1 Å². The van der Waals surface area contributed by atoms with Crippen molar-refractivity contribution < 1.29 is 0 Å². The van der Waals surface area contributed by atoms with Crippen molar-refractivity contribution in [3.8, 4) is 0 Å². The Kier molecular flexibility index (Phi) is 4.28. The molecule has 1 aliphatic heterocycles. The number of hydrogen-bond acceptors (Lipinski definition) is 2. The minimum atomic E-state index is 0.234. The fourth-order valence-corrected chi connectivity index (χ4v) is 3.86. The van der Waals surface area contributed by atoms with Gasteiger partial charge in [0.15, 0.2) is 0 Å². The van der Waals surface area contributed by atoms with Crippen molar-refractivity contribution in [1.29, 1.82) is 0 Å². The van der Waals surface area contributed by atoms with Crippen LogP contribution in [0.1, 0.15) is 44.7 Å². The van der Waals surface area contributed by atoms with E-state index in [1.54, 1.807) is 0 Å². The summed E-state index contributed by atoms with van der Waals surface area (Å²) in [6, 6.07) is 8.20. The average molecular weight is 313 g/mol. The van der Waals surface area contributed by atoms with Crippen molar-refractivity contribution in [3.05, 3.63) is 33.8 Å². The quantitative estimate of drug-likeness (QED) is 0.893. The lowest BCUT2D eigenvalue weighted by atomic mass is 10.1. The summed E-state index contributed by atoms with van der Waals surface area (Å²) in [5.74, 6) is 0. The summed E-state index contributed by atoms with van der Waals surface area (Å²) in [5.41, 5.74) is 1.09. The van der Waals surface area contributed by atoms with Crippen molar-refractivity contribution in [1.82, 2.24) is 10.2 Å². The normalized spacial score (nSPS) is 28.8. The summed E-state index contributed by atoms with van der Waals surface area (Å²) >= 11 is 12.4. The molecule has 0 aromatic heterocycles. The van der Waals surface area contributed by atoms with Crippen LogP contribution in [-0.2, 0) is 0 Å². The molecule has 1 saturated heterocycles. The molecule has 4 heteroatoms. The van der Waals surface area contributed by atoms with Gasteiger partial charge in [-0.3, -0.25) is 4.90 Å². The van der Waals surface area contributed by atoms with Crippen LogP contribution in [-0.4, -0.2) is 29.6 Å². The third-order valence-electron chi connectivity index (χ3n) is 4.57. The van der Waals surface area contributed by atoms with E-state index in [2.05, 4.69) is 30.1 Å². The molecule has 2 fully saturated rings. The second-order valence-corrected chi connectivity index (χ2v) is 7.03. The second kappa shape index (κ2) is 5.84. The molecule has 1 N–H and O–H groups in total. The Morgan fingerprint density at radius 2 is 2.05 bits per heavy atom. The van der Waals surface area contributed by atoms with E-state index in [9.17, 15) is 0 Å². The van der Waals surface area contributed by atoms with Gasteiger partial charge >= 0.3 is 0 Å². The lowest BCUT2D eigenvalue weighted by Crippen LogP contribution is -2.35. The van der Waals surface area contributed by atoms with Crippen molar-refractivity contribution >= 4 is 23.2 Å². The Balaban J connectivity index is 1.64. The van der Waals surface area contributed by atoms with Gasteiger partial charge in [0, 0.05) is 30.7 Å². The van der Waals surface area contributed by atoms with Gasteiger partial charge in [0.25, 0.3) is 0 Å². The first-order chi connectivity index (χ1) is 9.56. The van der Waals surface area contributed by atoms with Gasteiger partial charge < -0.3 is 5.32 Å². The highest BCUT2D eigenvalue weighted by Gasteiger charge is 2.39. The predicted molar refractivity (Wildman–Crippen MR) is 85.6 cm³/mol. The summed E-state index contributed by atoms with van der Waals surface area (Å²) in [6.07, 6.45) is 3.98. The first kappa shape index (κ1) is 14.6. The molecule has 3 atom stereocenters. The number of benzene rings is 1. The summed E-state index contributed by atoms with van der Waals surface area (Å²) < 4.78 is 0. The topological polar surface area (TPSA) is 15.3 Å². The van der Waals surface area contributed by atoms with Crippen molar-refractivity contribution in [2.75, 3.05) is 6.54 Å². The molecule has 0 unspecified atom stereocenters. The molecule has 2 nitrogen and oxygen atoms in total. The van der Waals surface area contributed by atoms with Crippen LogP contribution in [0.25, 0.3) is 0 Å². The van der Waals surface area contributed by atoms with Gasteiger partial charge in [-0.25, -0.2) is 0 Å². The fourth-order valence-electron chi connectivity index (χ4n) is 3.39. The average Bonchev–Trinajstić information content (AvgIpc) is 3.17. The highest BCUT2D eigenvalue weighted by Crippen LogP contribution is 2.35. The Labute approximate surface area is 131 Å². The smallest absolute Gasteiger partial charge is 0.0639 e. The molecule has 1 aromatic rings. The summed E-state index contributed by atoms with van der Waals surface area (Å²) in [4.78, 5) is 2.66. The zero-order chi connectivity index (χ0) is 14.3. The molecular weight excluding hydrogens is 291 g/mol. The molecule has 1 aromatic carbocycles. The van der Waals surface area contributed by atoms with Crippen LogP contribution in [0.15, 0.2) is 18.2 Å². The van der Waals surface area contributed by atoms with Crippen molar-refractivity contribution in [3.63, 3.8) is 0 Å². The fraction of sp³-hybridized carbons (Fsp3) is 0.625. The van der Waals surface area contributed by atoms with Crippen LogP contribution in [0.4, 0.5) is 0 Å². The molecule has 0 amide bonds. The Bertz CT molecular complexity index is 487. The number of likely N-dealkylation sites (tertiary alicyclic amines) is 1. The largest absolute Gasteiger partial charge is 0.306 e. The number of hydrogen-bond donors (Lipinski definition) is 1. The van der Waals surface area contributed by atoms with Gasteiger partial charge in [0.1, 0.15) is 0 Å². The second-order valence-electron chi connectivity index (χ2n) is 6.24. The van der Waals surface area contributed by atoms with Gasteiger partial charge in [0.2, 0.25) is 0 Å². The molecule has 0 bridgehead atoms. The number of halogens is 2. The van der Waals surface area contributed by atoms with Gasteiger partial charge in [-0.15, -0.1) is 0 Å². The standard InChI is InChI=1S/C16H22Cl2N2/c1-10-8-12(9-20(10)13-6-7-13)19-11(2)14-4-3-5-15(17)16(14)18/h3-5,10-13,19H,6-9H2,1-2H3/t10-,11+,12-/m1/s1. The first-order valence-corrected chi connectivity index (χ1v) is 8.27. The van der Waals surface area contributed by atoms with Crippen LogP contribution < -0.4 is 5.32 Å². The number of nitrogens with one attached hydrogen (secondary N) is 1. The molecule has 3 rings (SSSR count). The third-order valence-corrected chi connectivity index (χ3v) is 5.41. The SMILES string of the molecule is C[C@H](N[C@@H]1C[C@@H](C)N(C2CC2)C1)c1cccc(Cl)c1Cl. The number of rotatable bonds is 4. The monoisotopic (exact) mass is 312 g/mol. The zero-order valence-electron chi connectivity index (χ0n) is 12.1. The predicted octanol–water partition coefficient (Wildman–Crippen LogP) is 4.27. The van der Waals surface area contributed by atoms with Gasteiger partial charge in [-0.05, 0) is 44.7 Å². The minimum Gasteiger partial charge on any atom is -0.306 e. The molecule has 0 radical (unpaired) electrons. The van der Waals surface area contributed by atoms with E-state index in [-0.39, 0.29) is 6.04 Å². The van der Waals surface area contributed by atoms with Crippen molar-refractivity contribution in [2.45, 2.75) is 57.3 Å². The Morgan fingerprint density at radius 1 is 1.30 bits per heavy atom. The van der Waals surface area contributed by atoms with E-state index in [1.165, 1.54) is 19.3 Å². The molecule has 1 heterocycles. The maximum Gasteiger partial charge on any atom is 0.0639 e. The van der Waals surface area contributed by atoms with E-state index in [0.717, 1.165) is 18.2 Å². The maximum atomic E-state index is 6.31. The summed E-state index contributed by atoms with van der Waals surface area (Å²) in [5, 5.41) is 5.04. The third kappa shape index (κ3) is 2.99. The lowest BCUT2D eigenvalue weighted by Gasteiger charge is -2.22. The molecular formula is C16H22Cl2N2. The maximum absolute atomic E-state index is 6.31. The molecule has 2 aliphatic rings. The molecule has 20 heavy (non-hydrogen) atoms. The van der Waals surface area contributed by atoms with Gasteiger partial charge in [-0.2, -0.15) is 0 Å². The van der Waals surface area contributed by atoms with Gasteiger partial charge in [-0.1, -0.05) is 35.3 Å². The van der Waals surface area contributed by atoms with E-state index in [4.69, 9.17) is 23.2 Å². The molecule has 1 saturated carbocycles. The highest BCUT2D eigenvalue weighted by molar-refractivity contribution is 6.42. The Morgan fingerprint density at radius 3 is 2.75 bits per heavy atom. The van der Waals surface area contributed by atoms with Crippen LogP contribution in [0.2, 0.25) is 10.0 Å². The van der Waals surface area contributed by atoms with E-state index >= 15 is 0 Å². The molecule has 1 aliphatic carbocycles. The van der Waals surface area contributed by atoms with Crippen LogP contribution in [0, 0.1) is 0 Å². The first-order valence-electron chi connectivity index (χ1n) is 7.52. The Hall–Kier alpha value is -0.280. The van der Waals surface area contributed by atoms with Gasteiger partial charge in [0.05, 0.1) is 10.0 Å².